The van der Waals surface area contributed by atoms with E-state index in [1.807, 2.05) is 13.8 Å². The summed E-state index contributed by atoms with van der Waals surface area (Å²) in [5.41, 5.74) is -0.307. The van der Waals surface area contributed by atoms with E-state index < -0.39 is 10.0 Å². The minimum absolute atomic E-state index is 0.144. The summed E-state index contributed by atoms with van der Waals surface area (Å²) in [4.78, 5) is 0. The van der Waals surface area contributed by atoms with Crippen LogP contribution in [0.3, 0.4) is 0 Å². The second kappa shape index (κ2) is 5.32. The van der Waals surface area contributed by atoms with E-state index in [1.165, 1.54) is 0 Å². The van der Waals surface area contributed by atoms with Crippen LogP contribution < -0.4 is 4.72 Å². The van der Waals surface area contributed by atoms with E-state index in [0.29, 0.717) is 0 Å². The molecule has 0 aromatic carbocycles. The molecule has 0 saturated heterocycles. The van der Waals surface area contributed by atoms with Crippen molar-refractivity contribution in [2.24, 2.45) is 0 Å². The molecule has 0 bridgehead atoms. The van der Waals surface area contributed by atoms with Gasteiger partial charge in [-0.05, 0) is 26.7 Å². The summed E-state index contributed by atoms with van der Waals surface area (Å²) in [6.07, 6.45) is 1.61. The summed E-state index contributed by atoms with van der Waals surface area (Å²) >= 11 is 3.32. The zero-order valence-corrected chi connectivity index (χ0v) is 10.8. The topological polar surface area (TPSA) is 46.2 Å². The molecular formula is C8H18BrNO2S. The van der Waals surface area contributed by atoms with Gasteiger partial charge in [0, 0.05) is 10.9 Å². The van der Waals surface area contributed by atoms with Crippen LogP contribution in [0.15, 0.2) is 0 Å². The van der Waals surface area contributed by atoms with E-state index in [4.69, 9.17) is 0 Å². The molecule has 0 amide bonds. The summed E-state index contributed by atoms with van der Waals surface area (Å²) in [7, 11) is -3.08. The highest BCUT2D eigenvalue weighted by molar-refractivity contribution is 9.09. The molecule has 1 N–H and O–H groups in total. The molecule has 0 heterocycles. The zero-order valence-electron chi connectivity index (χ0n) is 8.43. The summed E-state index contributed by atoms with van der Waals surface area (Å²) in [5.74, 6) is 0.144. The molecule has 0 fully saturated rings. The van der Waals surface area contributed by atoms with Crippen molar-refractivity contribution in [3.63, 3.8) is 0 Å². The molecule has 0 aromatic heterocycles. The summed E-state index contributed by atoms with van der Waals surface area (Å²) in [6, 6.07) is 0. The smallest absolute Gasteiger partial charge is 0.211 e. The molecule has 0 radical (unpaired) electrons. The van der Waals surface area contributed by atoms with E-state index in [9.17, 15) is 8.42 Å². The van der Waals surface area contributed by atoms with Crippen LogP contribution in [0.1, 0.15) is 33.6 Å². The number of alkyl halides is 1. The second-order valence-electron chi connectivity index (χ2n) is 3.36. The summed E-state index contributed by atoms with van der Waals surface area (Å²) in [6.45, 7) is 5.56. The molecule has 0 aromatic rings. The minimum Gasteiger partial charge on any atom is -0.212 e. The van der Waals surface area contributed by atoms with Gasteiger partial charge < -0.3 is 0 Å². The molecule has 13 heavy (non-hydrogen) atoms. The number of rotatable bonds is 6. The average Bonchev–Trinajstić information content (AvgIpc) is 2.04. The molecule has 1 unspecified atom stereocenters. The molecule has 5 heteroatoms. The van der Waals surface area contributed by atoms with Gasteiger partial charge in [0.05, 0.1) is 5.75 Å². The molecule has 0 aliphatic rings. The Morgan fingerprint density at radius 3 is 2.23 bits per heavy atom. The second-order valence-corrected chi connectivity index (χ2v) is 6.16. The van der Waals surface area contributed by atoms with Gasteiger partial charge in [-0.25, -0.2) is 13.1 Å². The van der Waals surface area contributed by atoms with Crippen LogP contribution in [0.25, 0.3) is 0 Å². The number of halogens is 1. The maximum absolute atomic E-state index is 11.3. The van der Waals surface area contributed by atoms with Crippen LogP contribution in [0, 0.1) is 0 Å². The van der Waals surface area contributed by atoms with Crippen LogP contribution in [0.4, 0.5) is 0 Å². The molecule has 0 aliphatic carbocycles. The predicted octanol–water partition coefficient (Wildman–Crippen LogP) is 1.88. The van der Waals surface area contributed by atoms with Crippen molar-refractivity contribution in [1.29, 1.82) is 0 Å². The standard InChI is InChI=1S/C8H18BrNO2S/c1-4-8(3,6-7-9)10-13(11,12)5-2/h10H,4-7H2,1-3H3. The van der Waals surface area contributed by atoms with E-state index in [1.54, 1.807) is 6.92 Å². The highest BCUT2D eigenvalue weighted by atomic mass is 79.9. The summed E-state index contributed by atoms with van der Waals surface area (Å²) < 4.78 is 25.4. The van der Waals surface area contributed by atoms with Crippen molar-refractivity contribution < 1.29 is 8.42 Å². The normalized spacial score (nSPS) is 16.9. The third kappa shape index (κ3) is 4.98. The van der Waals surface area contributed by atoms with Gasteiger partial charge in [0.2, 0.25) is 10.0 Å². The van der Waals surface area contributed by atoms with Gasteiger partial charge in [0.25, 0.3) is 0 Å². The molecule has 1 atom stereocenters. The van der Waals surface area contributed by atoms with Crippen molar-refractivity contribution >= 4 is 26.0 Å². The van der Waals surface area contributed by atoms with Gasteiger partial charge in [-0.15, -0.1) is 0 Å². The van der Waals surface area contributed by atoms with Gasteiger partial charge in [0.1, 0.15) is 0 Å². The largest absolute Gasteiger partial charge is 0.212 e. The maximum Gasteiger partial charge on any atom is 0.211 e. The predicted molar refractivity (Wildman–Crippen MR) is 59.7 cm³/mol. The van der Waals surface area contributed by atoms with Gasteiger partial charge in [-0.3, -0.25) is 0 Å². The van der Waals surface area contributed by atoms with E-state index in [0.717, 1.165) is 18.2 Å². The molecule has 80 valence electrons. The van der Waals surface area contributed by atoms with Crippen LogP contribution >= 0.6 is 15.9 Å². The third-order valence-corrected chi connectivity index (χ3v) is 4.17. The van der Waals surface area contributed by atoms with E-state index in [-0.39, 0.29) is 11.3 Å². The van der Waals surface area contributed by atoms with Crippen LogP contribution in [-0.2, 0) is 10.0 Å². The maximum atomic E-state index is 11.3. The lowest BCUT2D eigenvalue weighted by Gasteiger charge is -2.28. The van der Waals surface area contributed by atoms with Crippen LogP contribution in [-0.4, -0.2) is 25.0 Å². The Morgan fingerprint density at radius 2 is 1.92 bits per heavy atom. The number of sulfonamides is 1. The highest BCUT2D eigenvalue weighted by Crippen LogP contribution is 2.16. The highest BCUT2D eigenvalue weighted by Gasteiger charge is 2.25. The molecule has 0 aliphatic heterocycles. The lowest BCUT2D eigenvalue weighted by molar-refractivity contribution is 0.393. The SMILES string of the molecule is CCC(C)(CCBr)NS(=O)(=O)CC. The lowest BCUT2D eigenvalue weighted by Crippen LogP contribution is -2.46. The average molecular weight is 272 g/mol. The Labute approximate surface area is 89.5 Å². The van der Waals surface area contributed by atoms with Crippen molar-refractivity contribution in [2.45, 2.75) is 39.2 Å². The van der Waals surface area contributed by atoms with Gasteiger partial charge in [0.15, 0.2) is 0 Å². The fourth-order valence-corrected chi connectivity index (χ4v) is 2.97. The van der Waals surface area contributed by atoms with Gasteiger partial charge >= 0.3 is 0 Å². The Morgan fingerprint density at radius 1 is 1.38 bits per heavy atom. The van der Waals surface area contributed by atoms with Crippen molar-refractivity contribution in [2.75, 3.05) is 11.1 Å². The van der Waals surface area contributed by atoms with E-state index >= 15 is 0 Å². The number of nitrogens with one attached hydrogen (secondary N) is 1. The molecule has 0 spiro atoms. The third-order valence-electron chi connectivity index (χ3n) is 2.21. The minimum atomic E-state index is -3.08. The fourth-order valence-electron chi connectivity index (χ4n) is 0.956. The Balaban J connectivity index is 4.44. The first kappa shape index (κ1) is 13.4. The first-order valence-electron chi connectivity index (χ1n) is 4.46. The Bertz CT molecular complexity index is 241. The first-order valence-corrected chi connectivity index (χ1v) is 7.24. The molecule has 0 rings (SSSR count). The van der Waals surface area contributed by atoms with Crippen molar-refractivity contribution in [3.8, 4) is 0 Å². The molecule has 3 nitrogen and oxygen atoms in total. The Hall–Kier alpha value is 0.390. The number of hydrogen-bond donors (Lipinski definition) is 1. The lowest BCUT2D eigenvalue weighted by atomic mass is 9.98. The fraction of sp³-hybridized carbons (Fsp3) is 1.00. The first-order chi connectivity index (χ1) is 5.89. The summed E-state index contributed by atoms with van der Waals surface area (Å²) in [5, 5.41) is 0.809. The number of hydrogen-bond acceptors (Lipinski definition) is 2. The van der Waals surface area contributed by atoms with Crippen LogP contribution in [0.5, 0.6) is 0 Å². The monoisotopic (exact) mass is 271 g/mol. The molecular weight excluding hydrogens is 254 g/mol. The Kier molecular flexibility index (Phi) is 5.47. The van der Waals surface area contributed by atoms with Gasteiger partial charge in [-0.1, -0.05) is 22.9 Å². The van der Waals surface area contributed by atoms with E-state index in [2.05, 4.69) is 20.7 Å². The molecule has 0 saturated carbocycles. The van der Waals surface area contributed by atoms with Gasteiger partial charge in [-0.2, -0.15) is 0 Å². The zero-order chi connectivity index (χ0) is 10.5. The quantitative estimate of drug-likeness (QED) is 0.750. The van der Waals surface area contributed by atoms with Crippen molar-refractivity contribution in [1.82, 2.24) is 4.72 Å². The van der Waals surface area contributed by atoms with Crippen LogP contribution in [0.2, 0.25) is 0 Å². The van der Waals surface area contributed by atoms with Crippen molar-refractivity contribution in [3.05, 3.63) is 0 Å².